The fourth-order valence-electron chi connectivity index (χ4n) is 1.73. The van der Waals surface area contributed by atoms with Gasteiger partial charge in [0.05, 0.1) is 17.2 Å². The molecular formula is C10H13BrN2O2S. The number of benzene rings is 1. The molecule has 2 N–H and O–H groups in total. The van der Waals surface area contributed by atoms with Crippen LogP contribution in [0.2, 0.25) is 0 Å². The first kappa shape index (κ1) is 11.7. The molecule has 6 heteroatoms. The van der Waals surface area contributed by atoms with Crippen LogP contribution in [0.4, 0.5) is 11.4 Å². The lowest BCUT2D eigenvalue weighted by Gasteiger charge is -2.29. The molecule has 0 atom stereocenters. The van der Waals surface area contributed by atoms with Crippen molar-refractivity contribution in [2.45, 2.75) is 0 Å². The summed E-state index contributed by atoms with van der Waals surface area (Å²) in [5.74, 6) is 0.433. The summed E-state index contributed by atoms with van der Waals surface area (Å²) in [5, 5.41) is 0. The molecule has 88 valence electrons. The van der Waals surface area contributed by atoms with Crippen molar-refractivity contribution in [1.29, 1.82) is 0 Å². The molecule has 16 heavy (non-hydrogen) atoms. The Kier molecular flexibility index (Phi) is 3.12. The molecule has 0 aromatic heterocycles. The van der Waals surface area contributed by atoms with Crippen LogP contribution in [0, 0.1) is 0 Å². The van der Waals surface area contributed by atoms with E-state index in [1.54, 1.807) is 0 Å². The van der Waals surface area contributed by atoms with E-state index in [2.05, 4.69) is 15.9 Å². The molecule has 1 heterocycles. The van der Waals surface area contributed by atoms with E-state index in [-0.39, 0.29) is 11.5 Å². The molecule has 1 fully saturated rings. The summed E-state index contributed by atoms with van der Waals surface area (Å²) in [6, 6.07) is 5.56. The van der Waals surface area contributed by atoms with Crippen LogP contribution in [-0.4, -0.2) is 33.0 Å². The van der Waals surface area contributed by atoms with Gasteiger partial charge in [-0.15, -0.1) is 0 Å². The minimum atomic E-state index is -2.83. The van der Waals surface area contributed by atoms with Crippen LogP contribution in [0.5, 0.6) is 0 Å². The number of hydrogen-bond donors (Lipinski definition) is 1. The van der Waals surface area contributed by atoms with Crippen molar-refractivity contribution in [3.05, 3.63) is 22.7 Å². The zero-order valence-electron chi connectivity index (χ0n) is 8.69. The average molecular weight is 305 g/mol. The molecule has 0 spiro atoms. The third-order valence-electron chi connectivity index (χ3n) is 2.66. The molecule has 0 bridgehead atoms. The van der Waals surface area contributed by atoms with E-state index in [1.807, 2.05) is 23.1 Å². The Labute approximate surface area is 103 Å². The highest BCUT2D eigenvalue weighted by molar-refractivity contribution is 9.10. The molecule has 2 rings (SSSR count). The first-order valence-corrected chi connectivity index (χ1v) is 7.60. The normalized spacial score (nSPS) is 19.7. The molecule has 0 unspecified atom stereocenters. The van der Waals surface area contributed by atoms with Crippen molar-refractivity contribution >= 4 is 37.1 Å². The Hall–Kier alpha value is -0.750. The molecule has 0 amide bonds. The number of halogens is 1. The van der Waals surface area contributed by atoms with E-state index in [0.29, 0.717) is 18.8 Å². The van der Waals surface area contributed by atoms with E-state index >= 15 is 0 Å². The number of hydrogen-bond acceptors (Lipinski definition) is 4. The molecule has 4 nitrogen and oxygen atoms in total. The third kappa shape index (κ3) is 2.49. The highest BCUT2D eigenvalue weighted by atomic mass is 79.9. The Balaban J connectivity index is 2.23. The monoisotopic (exact) mass is 304 g/mol. The first-order chi connectivity index (χ1) is 7.48. The Morgan fingerprint density at radius 1 is 1.25 bits per heavy atom. The van der Waals surface area contributed by atoms with E-state index in [4.69, 9.17) is 5.73 Å². The SMILES string of the molecule is Nc1ccc(Br)c(N2CCS(=O)(=O)CC2)c1. The predicted molar refractivity (Wildman–Crippen MR) is 69.4 cm³/mol. The number of anilines is 2. The number of nitrogen functional groups attached to an aromatic ring is 1. The van der Waals surface area contributed by atoms with Gasteiger partial charge < -0.3 is 10.6 Å². The maximum Gasteiger partial charge on any atom is 0.153 e. The summed E-state index contributed by atoms with van der Waals surface area (Å²) in [7, 11) is -2.83. The van der Waals surface area contributed by atoms with Gasteiger partial charge in [0.2, 0.25) is 0 Å². The second-order valence-corrected chi connectivity index (χ2v) is 7.01. The van der Waals surface area contributed by atoms with Crippen molar-refractivity contribution in [1.82, 2.24) is 0 Å². The number of rotatable bonds is 1. The quantitative estimate of drug-likeness (QED) is 0.794. The van der Waals surface area contributed by atoms with Crippen LogP contribution in [0.1, 0.15) is 0 Å². The van der Waals surface area contributed by atoms with Gasteiger partial charge in [0, 0.05) is 23.2 Å². The minimum absolute atomic E-state index is 0.217. The van der Waals surface area contributed by atoms with E-state index in [1.165, 1.54) is 0 Å². The lowest BCUT2D eigenvalue weighted by atomic mass is 10.2. The molecule has 0 aliphatic carbocycles. The van der Waals surface area contributed by atoms with Gasteiger partial charge in [0.1, 0.15) is 0 Å². The summed E-state index contributed by atoms with van der Waals surface area (Å²) < 4.78 is 23.6. The van der Waals surface area contributed by atoms with Crippen LogP contribution in [0.25, 0.3) is 0 Å². The maximum absolute atomic E-state index is 11.3. The number of nitrogens with two attached hydrogens (primary N) is 1. The van der Waals surface area contributed by atoms with Crippen molar-refractivity contribution < 1.29 is 8.42 Å². The second-order valence-electron chi connectivity index (χ2n) is 3.85. The van der Waals surface area contributed by atoms with E-state index < -0.39 is 9.84 Å². The maximum atomic E-state index is 11.3. The molecule has 1 saturated heterocycles. The van der Waals surface area contributed by atoms with Crippen LogP contribution in [-0.2, 0) is 9.84 Å². The summed E-state index contributed by atoms with van der Waals surface area (Å²) in [4.78, 5) is 2.04. The van der Waals surface area contributed by atoms with Gasteiger partial charge in [-0.3, -0.25) is 0 Å². The topological polar surface area (TPSA) is 63.4 Å². The molecule has 1 aromatic carbocycles. The van der Waals surface area contributed by atoms with Crippen molar-refractivity contribution in [2.24, 2.45) is 0 Å². The molecule has 1 aliphatic rings. The summed E-state index contributed by atoms with van der Waals surface area (Å²) in [6.07, 6.45) is 0. The molecule has 1 aromatic rings. The minimum Gasteiger partial charge on any atom is -0.399 e. The average Bonchev–Trinajstić information content (AvgIpc) is 2.22. The zero-order chi connectivity index (χ0) is 11.8. The molecule has 1 aliphatic heterocycles. The van der Waals surface area contributed by atoms with Gasteiger partial charge in [-0.1, -0.05) is 0 Å². The fraction of sp³-hybridized carbons (Fsp3) is 0.400. The summed E-state index contributed by atoms with van der Waals surface area (Å²) >= 11 is 3.45. The number of sulfone groups is 1. The van der Waals surface area contributed by atoms with Crippen molar-refractivity contribution in [3.63, 3.8) is 0 Å². The first-order valence-electron chi connectivity index (χ1n) is 4.98. The highest BCUT2D eigenvalue weighted by Crippen LogP contribution is 2.29. The van der Waals surface area contributed by atoms with Gasteiger partial charge in [-0.2, -0.15) is 0 Å². The van der Waals surface area contributed by atoms with Crippen molar-refractivity contribution in [2.75, 3.05) is 35.2 Å². The standard InChI is InChI=1S/C10H13BrN2O2S/c11-9-2-1-8(12)7-10(9)13-3-5-16(14,15)6-4-13/h1-2,7H,3-6,12H2. The fourth-order valence-corrected chi connectivity index (χ4v) is 3.42. The van der Waals surface area contributed by atoms with Gasteiger partial charge in [0.15, 0.2) is 9.84 Å². The smallest absolute Gasteiger partial charge is 0.153 e. The third-order valence-corrected chi connectivity index (χ3v) is 4.94. The highest BCUT2D eigenvalue weighted by Gasteiger charge is 2.22. The largest absolute Gasteiger partial charge is 0.399 e. The Morgan fingerprint density at radius 3 is 2.50 bits per heavy atom. The van der Waals surface area contributed by atoms with E-state index in [9.17, 15) is 8.42 Å². The molecular weight excluding hydrogens is 292 g/mol. The molecule has 0 saturated carbocycles. The lowest BCUT2D eigenvalue weighted by molar-refractivity contribution is 0.587. The predicted octanol–water partition coefficient (Wildman–Crippen LogP) is 1.27. The van der Waals surface area contributed by atoms with Crippen LogP contribution >= 0.6 is 15.9 Å². The van der Waals surface area contributed by atoms with Crippen LogP contribution in [0.15, 0.2) is 22.7 Å². The second kappa shape index (κ2) is 4.25. The van der Waals surface area contributed by atoms with Gasteiger partial charge >= 0.3 is 0 Å². The van der Waals surface area contributed by atoms with Crippen molar-refractivity contribution in [3.8, 4) is 0 Å². The lowest BCUT2D eigenvalue weighted by Crippen LogP contribution is -2.40. The Bertz CT molecular complexity index is 488. The van der Waals surface area contributed by atoms with Crippen LogP contribution in [0.3, 0.4) is 0 Å². The summed E-state index contributed by atoms with van der Waals surface area (Å²) in [5.41, 5.74) is 7.38. The van der Waals surface area contributed by atoms with E-state index in [0.717, 1.165) is 10.2 Å². The summed E-state index contributed by atoms with van der Waals surface area (Å²) in [6.45, 7) is 1.06. The zero-order valence-corrected chi connectivity index (χ0v) is 11.1. The van der Waals surface area contributed by atoms with Crippen LogP contribution < -0.4 is 10.6 Å². The van der Waals surface area contributed by atoms with Gasteiger partial charge in [-0.25, -0.2) is 8.42 Å². The molecule has 0 radical (unpaired) electrons. The van der Waals surface area contributed by atoms with Gasteiger partial charge in [0.25, 0.3) is 0 Å². The Morgan fingerprint density at radius 2 is 1.88 bits per heavy atom. The van der Waals surface area contributed by atoms with Gasteiger partial charge in [-0.05, 0) is 34.1 Å². The number of nitrogens with zero attached hydrogens (tertiary/aromatic N) is 1.